The van der Waals surface area contributed by atoms with Crippen LogP contribution in [0.4, 0.5) is 13.2 Å². The molecule has 1 rings (SSSR count). The minimum Gasteiger partial charge on any atom is -0.495 e. The summed E-state index contributed by atoms with van der Waals surface area (Å²) in [6.07, 6.45) is -4.52. The quantitative estimate of drug-likeness (QED) is 0.762. The maximum Gasteiger partial charge on any atom is 0.392 e. The molecule has 0 aliphatic heterocycles. The Morgan fingerprint density at radius 1 is 1.38 bits per heavy atom. The summed E-state index contributed by atoms with van der Waals surface area (Å²) < 4.78 is 48.7. The van der Waals surface area contributed by atoms with Gasteiger partial charge in [0.1, 0.15) is 5.75 Å². The second kappa shape index (κ2) is 7.02. The maximum atomic E-state index is 13.0. The minimum absolute atomic E-state index is 0.00460. The van der Waals surface area contributed by atoms with Crippen molar-refractivity contribution in [2.24, 2.45) is 5.92 Å². The summed E-state index contributed by atoms with van der Waals surface area (Å²) in [7, 11) is 1.34. The molecule has 3 nitrogen and oxygen atoms in total. The van der Waals surface area contributed by atoms with Crippen LogP contribution >= 0.6 is 11.6 Å². The Balaban J connectivity index is 3.27. The van der Waals surface area contributed by atoms with E-state index in [4.69, 9.17) is 21.1 Å². The molecule has 118 valence electrons. The summed E-state index contributed by atoms with van der Waals surface area (Å²) in [6.45, 7) is 2.49. The number of methoxy groups -OCH3 is 1. The molecule has 0 saturated heterocycles. The highest BCUT2D eigenvalue weighted by Gasteiger charge is 2.45. The van der Waals surface area contributed by atoms with Crippen molar-refractivity contribution in [1.82, 2.24) is 0 Å². The van der Waals surface area contributed by atoms with Crippen LogP contribution in [-0.4, -0.2) is 25.9 Å². The van der Waals surface area contributed by atoms with Crippen molar-refractivity contribution in [3.05, 3.63) is 28.8 Å². The lowest BCUT2D eigenvalue weighted by Gasteiger charge is -2.25. The lowest BCUT2D eigenvalue weighted by atomic mass is 9.86. The van der Waals surface area contributed by atoms with Crippen molar-refractivity contribution in [1.29, 1.82) is 0 Å². The molecule has 0 N–H and O–H groups in total. The Kier molecular flexibility index (Phi) is 5.89. The summed E-state index contributed by atoms with van der Waals surface area (Å²) in [5.74, 6) is -4.07. The van der Waals surface area contributed by atoms with Gasteiger partial charge in [-0.1, -0.05) is 24.6 Å². The van der Waals surface area contributed by atoms with Gasteiger partial charge in [0.05, 0.1) is 30.6 Å². The smallest absolute Gasteiger partial charge is 0.392 e. The second-order valence-corrected chi connectivity index (χ2v) is 4.86. The molecule has 0 heterocycles. The van der Waals surface area contributed by atoms with Gasteiger partial charge >= 0.3 is 12.1 Å². The molecule has 0 fully saturated rings. The molecule has 0 amide bonds. The molecule has 21 heavy (non-hydrogen) atoms. The van der Waals surface area contributed by atoms with Gasteiger partial charge in [-0.2, -0.15) is 13.2 Å². The first-order chi connectivity index (χ1) is 9.72. The molecule has 0 saturated carbocycles. The SMILES string of the molecule is CCOC(=O)C(c1ccc(Cl)c(OC)c1)[C@@H](C)C(F)(F)F. The van der Waals surface area contributed by atoms with Crippen LogP contribution in [0.15, 0.2) is 18.2 Å². The Bertz CT molecular complexity index is 503. The topological polar surface area (TPSA) is 35.5 Å². The molecule has 1 aromatic carbocycles. The first kappa shape index (κ1) is 17.6. The van der Waals surface area contributed by atoms with Gasteiger partial charge < -0.3 is 9.47 Å². The van der Waals surface area contributed by atoms with Gasteiger partial charge in [-0.05, 0) is 24.6 Å². The molecule has 0 aromatic heterocycles. The highest BCUT2D eigenvalue weighted by atomic mass is 35.5. The van der Waals surface area contributed by atoms with E-state index in [0.717, 1.165) is 6.92 Å². The molecule has 0 spiro atoms. The van der Waals surface area contributed by atoms with E-state index < -0.39 is 24.0 Å². The standard InChI is InChI=1S/C14H16ClF3O3/c1-4-21-13(19)12(8(2)14(16,17)18)9-5-6-10(15)11(7-9)20-3/h5-8,12H,4H2,1-3H3/t8-,12?/m1/s1. The molecule has 2 atom stereocenters. The van der Waals surface area contributed by atoms with Gasteiger partial charge in [0.15, 0.2) is 0 Å². The predicted molar refractivity (Wildman–Crippen MR) is 72.6 cm³/mol. The zero-order chi connectivity index (χ0) is 16.2. The fraction of sp³-hybridized carbons (Fsp3) is 0.500. The summed E-state index contributed by atoms with van der Waals surface area (Å²) >= 11 is 5.85. The molecule has 0 radical (unpaired) electrons. The average molecular weight is 325 g/mol. The lowest BCUT2D eigenvalue weighted by molar-refractivity contribution is -0.185. The first-order valence-electron chi connectivity index (χ1n) is 6.29. The van der Waals surface area contributed by atoms with Gasteiger partial charge in [-0.3, -0.25) is 4.79 Å². The summed E-state index contributed by atoms with van der Waals surface area (Å²) in [4.78, 5) is 11.9. The van der Waals surface area contributed by atoms with Crippen LogP contribution in [0.25, 0.3) is 0 Å². The largest absolute Gasteiger partial charge is 0.495 e. The second-order valence-electron chi connectivity index (χ2n) is 4.45. The Labute approximate surface area is 126 Å². The number of carbonyl (C=O) groups excluding carboxylic acids is 1. The lowest BCUT2D eigenvalue weighted by Crippen LogP contribution is -2.32. The van der Waals surface area contributed by atoms with Crippen LogP contribution < -0.4 is 4.74 Å². The van der Waals surface area contributed by atoms with Gasteiger partial charge in [-0.15, -0.1) is 0 Å². The fourth-order valence-corrected chi connectivity index (χ4v) is 2.11. The fourth-order valence-electron chi connectivity index (χ4n) is 1.92. The van der Waals surface area contributed by atoms with E-state index >= 15 is 0 Å². The monoisotopic (exact) mass is 324 g/mol. The van der Waals surface area contributed by atoms with Crippen LogP contribution in [0.3, 0.4) is 0 Å². The van der Waals surface area contributed by atoms with Crippen molar-refractivity contribution >= 4 is 17.6 Å². The van der Waals surface area contributed by atoms with Crippen LogP contribution in [0, 0.1) is 5.92 Å². The maximum absolute atomic E-state index is 13.0. The number of hydrogen-bond acceptors (Lipinski definition) is 3. The van der Waals surface area contributed by atoms with Crippen molar-refractivity contribution in [2.75, 3.05) is 13.7 Å². The molecule has 0 aliphatic rings. The van der Waals surface area contributed by atoms with E-state index in [2.05, 4.69) is 0 Å². The van der Waals surface area contributed by atoms with E-state index in [1.54, 1.807) is 0 Å². The van der Waals surface area contributed by atoms with E-state index in [9.17, 15) is 18.0 Å². The zero-order valence-corrected chi connectivity index (χ0v) is 12.6. The number of benzene rings is 1. The van der Waals surface area contributed by atoms with Crippen molar-refractivity contribution < 1.29 is 27.4 Å². The Morgan fingerprint density at radius 2 is 2.00 bits per heavy atom. The van der Waals surface area contributed by atoms with Gasteiger partial charge in [-0.25, -0.2) is 0 Å². The van der Waals surface area contributed by atoms with Gasteiger partial charge in [0.2, 0.25) is 0 Å². The molecular formula is C14H16ClF3O3. The number of halogens is 4. The number of alkyl halides is 3. The average Bonchev–Trinajstić information content (AvgIpc) is 2.40. The third-order valence-corrected chi connectivity index (χ3v) is 3.40. The third-order valence-electron chi connectivity index (χ3n) is 3.09. The van der Waals surface area contributed by atoms with Crippen LogP contribution in [0.1, 0.15) is 25.3 Å². The molecular weight excluding hydrogens is 309 g/mol. The number of rotatable bonds is 5. The van der Waals surface area contributed by atoms with E-state index in [0.29, 0.717) is 0 Å². The number of hydrogen-bond donors (Lipinski definition) is 0. The summed E-state index contributed by atoms with van der Waals surface area (Å²) in [5, 5.41) is 0.253. The Hall–Kier alpha value is -1.43. The summed E-state index contributed by atoms with van der Waals surface area (Å²) in [5.41, 5.74) is 0.152. The van der Waals surface area contributed by atoms with Crippen molar-refractivity contribution in [2.45, 2.75) is 25.9 Å². The van der Waals surface area contributed by atoms with Crippen LogP contribution in [0.2, 0.25) is 5.02 Å². The minimum atomic E-state index is -4.52. The molecule has 0 aliphatic carbocycles. The first-order valence-corrected chi connectivity index (χ1v) is 6.67. The molecule has 1 aromatic rings. The number of ether oxygens (including phenoxy) is 2. The summed E-state index contributed by atoms with van der Waals surface area (Å²) in [6, 6.07) is 4.09. The zero-order valence-electron chi connectivity index (χ0n) is 11.8. The molecule has 0 bridgehead atoms. The number of esters is 1. The van der Waals surface area contributed by atoms with Crippen LogP contribution in [0.5, 0.6) is 5.75 Å². The van der Waals surface area contributed by atoms with E-state index in [-0.39, 0.29) is 22.9 Å². The highest BCUT2D eigenvalue weighted by Crippen LogP contribution is 2.40. The third kappa shape index (κ3) is 4.27. The number of carbonyl (C=O) groups is 1. The van der Waals surface area contributed by atoms with Gasteiger partial charge in [0, 0.05) is 0 Å². The van der Waals surface area contributed by atoms with Gasteiger partial charge in [0.25, 0.3) is 0 Å². The highest BCUT2D eigenvalue weighted by molar-refractivity contribution is 6.32. The van der Waals surface area contributed by atoms with Crippen molar-refractivity contribution in [3.8, 4) is 5.75 Å². The molecule has 1 unspecified atom stereocenters. The van der Waals surface area contributed by atoms with Crippen molar-refractivity contribution in [3.63, 3.8) is 0 Å². The van der Waals surface area contributed by atoms with E-state index in [1.807, 2.05) is 0 Å². The predicted octanol–water partition coefficient (Wildman–Crippen LogP) is 4.19. The molecule has 7 heteroatoms. The Morgan fingerprint density at radius 3 is 2.48 bits per heavy atom. The van der Waals surface area contributed by atoms with E-state index in [1.165, 1.54) is 32.2 Å². The normalized spacial score (nSPS) is 14.4. The van der Waals surface area contributed by atoms with Crippen LogP contribution in [-0.2, 0) is 9.53 Å².